The van der Waals surface area contributed by atoms with E-state index >= 15 is 0 Å². The van der Waals surface area contributed by atoms with Crippen molar-refractivity contribution in [2.45, 2.75) is 20.0 Å². The van der Waals surface area contributed by atoms with Crippen LogP contribution in [-0.4, -0.2) is 37.1 Å². The molecule has 1 amide bonds. The van der Waals surface area contributed by atoms with Crippen molar-refractivity contribution in [2.75, 3.05) is 19.8 Å². The molecule has 0 unspecified atom stereocenters. The van der Waals surface area contributed by atoms with Gasteiger partial charge in [0.2, 0.25) is 0 Å². The average molecular weight is 217 g/mol. The summed E-state index contributed by atoms with van der Waals surface area (Å²) in [4.78, 5) is 9.43. The quantitative estimate of drug-likeness (QED) is 0.758. The maximum Gasteiger partial charge on any atom is 0.405 e. The Morgan fingerprint density at radius 3 is 1.86 bits per heavy atom. The Morgan fingerprint density at radius 1 is 1.36 bits per heavy atom. The number of nitrogens with one attached hydrogen (secondary N) is 1. The van der Waals surface area contributed by atoms with Gasteiger partial charge in [-0.25, -0.2) is 4.79 Å². The molecular weight excluding hydrogens is 203 g/mol. The van der Waals surface area contributed by atoms with Gasteiger partial charge in [0, 0.05) is 13.2 Å². The molecule has 0 spiro atoms. The van der Waals surface area contributed by atoms with Crippen molar-refractivity contribution in [3.05, 3.63) is 0 Å². The maximum absolute atomic E-state index is 11.1. The normalized spacial score (nSPS) is 10.1. The molecular formula is C7H14F3NO3. The third-order valence-electron chi connectivity index (χ3n) is 0.848. The minimum atomic E-state index is -4.46. The summed E-state index contributed by atoms with van der Waals surface area (Å²) in [5.41, 5.74) is 0. The lowest BCUT2D eigenvalue weighted by Crippen LogP contribution is -2.32. The molecule has 0 rings (SSSR count). The third kappa shape index (κ3) is 22.5. The number of hydrogen-bond acceptors (Lipinski definition) is 2. The molecule has 14 heavy (non-hydrogen) atoms. The summed E-state index contributed by atoms with van der Waals surface area (Å²) in [7, 11) is 0. The molecule has 0 atom stereocenters. The van der Waals surface area contributed by atoms with Gasteiger partial charge < -0.3 is 15.2 Å². The van der Waals surface area contributed by atoms with Gasteiger partial charge in [-0.3, -0.25) is 0 Å². The van der Waals surface area contributed by atoms with Crippen LogP contribution >= 0.6 is 0 Å². The predicted octanol–water partition coefficient (Wildman–Crippen LogP) is 1.86. The van der Waals surface area contributed by atoms with Crippen LogP contribution in [0.2, 0.25) is 0 Å². The van der Waals surface area contributed by atoms with Crippen LogP contribution in [0.25, 0.3) is 0 Å². The van der Waals surface area contributed by atoms with E-state index in [0.29, 0.717) is 0 Å². The van der Waals surface area contributed by atoms with Crippen LogP contribution in [0.15, 0.2) is 0 Å². The first-order valence-corrected chi connectivity index (χ1v) is 3.94. The summed E-state index contributed by atoms with van der Waals surface area (Å²) in [5.74, 6) is 0. The van der Waals surface area contributed by atoms with E-state index in [1.54, 1.807) is 0 Å². The summed E-state index contributed by atoms with van der Waals surface area (Å²) in [6.07, 6.45) is -6.13. The topological polar surface area (TPSA) is 58.6 Å². The van der Waals surface area contributed by atoms with E-state index in [9.17, 15) is 18.0 Å². The second kappa shape index (κ2) is 8.61. The van der Waals surface area contributed by atoms with Crippen LogP contribution in [0.1, 0.15) is 13.8 Å². The third-order valence-corrected chi connectivity index (χ3v) is 0.848. The molecule has 86 valence electrons. The van der Waals surface area contributed by atoms with Gasteiger partial charge in [-0.2, -0.15) is 13.2 Å². The number of hydrogen-bond donors (Lipinski definition) is 2. The Hall–Kier alpha value is -0.980. The van der Waals surface area contributed by atoms with Crippen molar-refractivity contribution >= 4 is 6.09 Å². The number of ether oxygens (including phenoxy) is 1. The molecule has 7 heteroatoms. The van der Waals surface area contributed by atoms with Gasteiger partial charge in [0.25, 0.3) is 0 Å². The smallest absolute Gasteiger partial charge is 0.405 e. The number of alkyl halides is 3. The van der Waals surface area contributed by atoms with E-state index in [1.165, 1.54) is 5.32 Å². The lowest BCUT2D eigenvalue weighted by molar-refractivity contribution is -0.123. The number of carboxylic acid groups (broad SMARTS) is 1. The van der Waals surface area contributed by atoms with Gasteiger partial charge in [-0.05, 0) is 13.8 Å². The largest absolute Gasteiger partial charge is 0.465 e. The molecule has 0 saturated carbocycles. The highest BCUT2D eigenvalue weighted by molar-refractivity contribution is 5.64. The first-order chi connectivity index (χ1) is 6.33. The van der Waals surface area contributed by atoms with E-state index in [2.05, 4.69) is 0 Å². The van der Waals surface area contributed by atoms with Gasteiger partial charge >= 0.3 is 12.3 Å². The van der Waals surface area contributed by atoms with Crippen molar-refractivity contribution in [3.8, 4) is 0 Å². The van der Waals surface area contributed by atoms with Crippen molar-refractivity contribution in [2.24, 2.45) is 0 Å². The number of rotatable bonds is 3. The molecule has 0 fully saturated rings. The lowest BCUT2D eigenvalue weighted by Gasteiger charge is -2.03. The minimum absolute atomic E-state index is 0.844. The van der Waals surface area contributed by atoms with Gasteiger partial charge in [0.15, 0.2) is 0 Å². The fourth-order valence-corrected chi connectivity index (χ4v) is 0.380. The standard InChI is InChI=1S/C4H10O.C3H4F3NO2/c1-3-5-4-2;4-3(5,6)1-7-2(8)9/h3-4H2,1-2H3;7H,1H2,(H,8,9). The summed E-state index contributed by atoms with van der Waals surface area (Å²) < 4.78 is 38.1. The predicted molar refractivity (Wildman–Crippen MR) is 44.2 cm³/mol. The molecule has 0 heterocycles. The number of carbonyl (C=O) groups is 1. The van der Waals surface area contributed by atoms with E-state index in [-0.39, 0.29) is 0 Å². The van der Waals surface area contributed by atoms with Crippen molar-refractivity contribution in [1.29, 1.82) is 0 Å². The molecule has 0 radical (unpaired) electrons. The van der Waals surface area contributed by atoms with Crippen LogP contribution in [0, 0.1) is 0 Å². The number of halogens is 3. The Bertz CT molecular complexity index is 148. The minimum Gasteiger partial charge on any atom is -0.465 e. The van der Waals surface area contributed by atoms with Crippen LogP contribution in [0.4, 0.5) is 18.0 Å². The van der Waals surface area contributed by atoms with Gasteiger partial charge in [0.05, 0.1) is 0 Å². The van der Waals surface area contributed by atoms with E-state index in [4.69, 9.17) is 9.84 Å². The van der Waals surface area contributed by atoms with Crippen LogP contribution in [-0.2, 0) is 4.74 Å². The second-order valence-electron chi connectivity index (χ2n) is 2.06. The molecule has 0 aromatic carbocycles. The SMILES string of the molecule is CCOCC.O=C(O)NCC(F)(F)F. The van der Waals surface area contributed by atoms with Crippen molar-refractivity contribution < 1.29 is 27.8 Å². The summed E-state index contributed by atoms with van der Waals surface area (Å²) in [6.45, 7) is 4.17. The Morgan fingerprint density at radius 2 is 1.79 bits per heavy atom. The highest BCUT2D eigenvalue weighted by Gasteiger charge is 2.27. The molecule has 0 aromatic heterocycles. The molecule has 0 aromatic rings. The average Bonchev–Trinajstić information content (AvgIpc) is 2.02. The van der Waals surface area contributed by atoms with Crippen molar-refractivity contribution in [3.63, 3.8) is 0 Å². The van der Waals surface area contributed by atoms with Gasteiger partial charge in [-0.1, -0.05) is 0 Å². The Labute approximate surface area is 80.1 Å². The fourth-order valence-electron chi connectivity index (χ4n) is 0.380. The molecule has 0 aliphatic rings. The zero-order valence-corrected chi connectivity index (χ0v) is 8.02. The Balaban J connectivity index is 0. The van der Waals surface area contributed by atoms with E-state index in [1.807, 2.05) is 13.8 Å². The summed E-state index contributed by atoms with van der Waals surface area (Å²) >= 11 is 0. The second-order valence-corrected chi connectivity index (χ2v) is 2.06. The first-order valence-electron chi connectivity index (χ1n) is 3.94. The van der Waals surface area contributed by atoms with Crippen molar-refractivity contribution in [1.82, 2.24) is 5.32 Å². The van der Waals surface area contributed by atoms with E-state index in [0.717, 1.165) is 13.2 Å². The zero-order valence-electron chi connectivity index (χ0n) is 8.02. The molecule has 4 nitrogen and oxygen atoms in total. The summed E-state index contributed by atoms with van der Waals surface area (Å²) in [5, 5.41) is 8.84. The molecule has 0 saturated heterocycles. The van der Waals surface area contributed by atoms with E-state index < -0.39 is 18.8 Å². The number of amides is 1. The molecule has 0 aliphatic carbocycles. The first kappa shape index (κ1) is 15.5. The van der Waals surface area contributed by atoms with Crippen LogP contribution in [0.3, 0.4) is 0 Å². The summed E-state index contributed by atoms with van der Waals surface area (Å²) in [6, 6.07) is 0. The van der Waals surface area contributed by atoms with Crippen LogP contribution < -0.4 is 5.32 Å². The Kier molecular flexibility index (Phi) is 9.53. The molecule has 2 N–H and O–H groups in total. The highest BCUT2D eigenvalue weighted by atomic mass is 19.4. The van der Waals surface area contributed by atoms with Gasteiger partial charge in [-0.15, -0.1) is 0 Å². The zero-order chi connectivity index (χ0) is 11.6. The van der Waals surface area contributed by atoms with Crippen LogP contribution in [0.5, 0.6) is 0 Å². The van der Waals surface area contributed by atoms with Gasteiger partial charge in [0.1, 0.15) is 6.54 Å². The maximum atomic E-state index is 11.1. The fraction of sp³-hybridized carbons (Fsp3) is 0.857. The monoisotopic (exact) mass is 217 g/mol. The molecule has 0 bridgehead atoms. The highest BCUT2D eigenvalue weighted by Crippen LogP contribution is 2.11. The molecule has 0 aliphatic heterocycles. The lowest BCUT2D eigenvalue weighted by atomic mass is 10.6.